The fourth-order valence-electron chi connectivity index (χ4n) is 10.5. The van der Waals surface area contributed by atoms with Crippen LogP contribution in [0.1, 0.15) is 100 Å². The third kappa shape index (κ3) is 18.9. The molecule has 0 unspecified atom stereocenters. The van der Waals surface area contributed by atoms with Crippen LogP contribution in [0.5, 0.6) is 0 Å². The third-order valence-corrected chi connectivity index (χ3v) is 17.2. The predicted molar refractivity (Wildman–Crippen MR) is 284 cm³/mol. The molecule has 28 heteroatoms. The second kappa shape index (κ2) is 33.6. The van der Waals surface area contributed by atoms with E-state index >= 15 is 0 Å². The van der Waals surface area contributed by atoms with Gasteiger partial charge >= 0.3 is 124 Å². The normalized spacial score (nSPS) is 15.2. The maximum Gasteiger partial charge on any atom is 1.00 e. The van der Waals surface area contributed by atoms with Gasteiger partial charge in [-0.15, -0.1) is 0 Å². The van der Waals surface area contributed by atoms with Crippen molar-refractivity contribution in [1.82, 2.24) is 0 Å². The summed E-state index contributed by atoms with van der Waals surface area (Å²) in [5.74, 6) is -0.951. The number of carboxylic acid groups (broad SMARTS) is 1. The molecule has 0 fully saturated rings. The van der Waals surface area contributed by atoms with Crippen LogP contribution in [0.4, 0.5) is 11.4 Å². The van der Waals surface area contributed by atoms with E-state index in [2.05, 4.69) is 53.2 Å². The van der Waals surface area contributed by atoms with E-state index in [1.54, 1.807) is 6.07 Å². The molecule has 2 heterocycles. The van der Waals surface area contributed by atoms with Crippen LogP contribution in [0.3, 0.4) is 0 Å². The molecule has 0 atom stereocenters. The van der Waals surface area contributed by atoms with Gasteiger partial charge in [-0.3, -0.25) is 19.9 Å². The summed E-state index contributed by atoms with van der Waals surface area (Å²) >= 11 is 2.13. The van der Waals surface area contributed by atoms with E-state index in [0.717, 1.165) is 91.5 Å². The van der Waals surface area contributed by atoms with Crippen molar-refractivity contribution >= 4 is 107 Å². The van der Waals surface area contributed by atoms with Gasteiger partial charge in [-0.2, -0.15) is 17.6 Å². The molecule has 0 saturated carbocycles. The summed E-state index contributed by atoms with van der Waals surface area (Å²) in [7, 11) is -9.47. The molecule has 5 aromatic carbocycles. The molecule has 7 rings (SSSR count). The molecule has 0 aliphatic carbocycles. The molecule has 0 radical (unpaired) electrons. The Balaban J connectivity index is 0.00000431. The first-order valence-corrected chi connectivity index (χ1v) is 29.8. The van der Waals surface area contributed by atoms with Crippen molar-refractivity contribution < 1.29 is 203 Å². The van der Waals surface area contributed by atoms with Gasteiger partial charge in [-0.25, -0.2) is 16.8 Å². The molecule has 0 amide bonds. The number of unbranched alkanes of at least 4 members (excludes halogenated alkanes) is 3. The van der Waals surface area contributed by atoms with Crippen LogP contribution < -0.4 is 139 Å². The Kier molecular flexibility index (Phi) is 30.9. The number of aliphatic carboxylic acids is 1. The third-order valence-electron chi connectivity index (χ3n) is 13.8. The Bertz CT molecular complexity index is 3380. The van der Waals surface area contributed by atoms with Crippen LogP contribution in [0, 0.1) is 6.92 Å². The smallest absolute Gasteiger partial charge is 0.748 e. The monoisotopic (exact) mass is 1240 g/mol. The summed E-state index contributed by atoms with van der Waals surface area (Å²) in [5.41, 5.74) is 6.81. The average molecular weight is 1250 g/mol. The van der Waals surface area contributed by atoms with Crippen molar-refractivity contribution in [2.45, 2.75) is 112 Å². The molecule has 2 aliphatic rings. The molecule has 1 N–H and O–H groups in total. The number of hydrogen-bond acceptors (Lipinski definition) is 20. The van der Waals surface area contributed by atoms with Gasteiger partial charge in [0.15, 0.2) is 5.71 Å². The molecule has 2 aliphatic heterocycles. The minimum absolute atomic E-state index is 0. The second-order valence-electron chi connectivity index (χ2n) is 19.5. The molecule has 81 heavy (non-hydrogen) atoms. The van der Waals surface area contributed by atoms with Gasteiger partial charge in [-0.05, 0) is 157 Å². The number of rotatable bonds is 28. The summed E-state index contributed by atoms with van der Waals surface area (Å²) in [6, 6.07) is 21.9. The van der Waals surface area contributed by atoms with Gasteiger partial charge in [0.2, 0.25) is 5.69 Å². The zero-order valence-electron chi connectivity index (χ0n) is 46.6. The number of hydrogen-bond donors (Lipinski definition) is 1. The Hall–Kier alpha value is -0.710. The molecule has 19 nitrogen and oxygen atoms in total. The number of benzene rings is 5. The first kappa shape index (κ1) is 74.5. The number of carboxylic acids is 1. The summed E-state index contributed by atoms with van der Waals surface area (Å²) < 4.78 is 89.0. The average Bonchev–Trinajstić information content (AvgIpc) is 3.73. The van der Waals surface area contributed by atoms with Crippen molar-refractivity contribution in [3.05, 3.63) is 131 Å². The first-order valence-electron chi connectivity index (χ1n) is 24.4. The number of carbonyl (C=O) groups is 1. The van der Waals surface area contributed by atoms with Crippen molar-refractivity contribution in [3.63, 3.8) is 0 Å². The summed E-state index contributed by atoms with van der Waals surface area (Å²) in [4.78, 5) is 13.8. The molecule has 414 valence electrons. The maximum absolute atomic E-state index is 12.6. The van der Waals surface area contributed by atoms with E-state index in [-0.39, 0.29) is 136 Å². The minimum Gasteiger partial charge on any atom is -0.748 e. The summed E-state index contributed by atoms with van der Waals surface area (Å²) in [5, 5.41) is 55.2. The van der Waals surface area contributed by atoms with E-state index in [4.69, 9.17) is 4.33 Å². The van der Waals surface area contributed by atoms with Gasteiger partial charge in [-0.1, -0.05) is 50.3 Å². The topological polar surface area (TPSA) is 283 Å². The number of anilines is 1. The van der Waals surface area contributed by atoms with Crippen molar-refractivity contribution in [3.8, 4) is 0 Å². The van der Waals surface area contributed by atoms with Crippen molar-refractivity contribution in [2.24, 2.45) is 0 Å². The van der Waals surface area contributed by atoms with Crippen LogP contribution in [-0.4, -0.2) is 71.9 Å². The number of fused-ring (bicyclic) bond motifs is 6. The predicted octanol–water partition coefficient (Wildman–Crippen LogP) is -3.84. The Morgan fingerprint density at radius 3 is 2.11 bits per heavy atom. The molecule has 0 aromatic heterocycles. The molecular formula is C53H56N2Na4O17S5. The summed E-state index contributed by atoms with van der Waals surface area (Å²) in [6.45, 7) is 10.9. The number of aryl methyl sites for hydroxylation is 2. The standard InChI is InChI=1S/C53H60N2O17S5.4Na/c1-34-29-38(74-71-68-59)31-42-40(34)19-21-44-50(42)52(2,3)47(55(44)26-9-11-28-76(61,62)63)23-17-36(37-15-12-14-35(30-37)13-6-7-16-49(56)57)18-24-48-53(4,5)51-43-32-39(77(64,65)66)33-46(75-72-69-60)41(43)20-22-45(51)54(48)25-8-10-27-73-70-67-58;;;;/h12,14-15,17-24,29-33H,6-11,13,16,25-28H2,1-5H3,(H5-,56,57,58,59,60,61,62,63,64,65,66);;;;/q;4*+1/p-4. The van der Waals surface area contributed by atoms with Crippen molar-refractivity contribution in [2.75, 3.05) is 29.5 Å². The van der Waals surface area contributed by atoms with Gasteiger partial charge < -0.3 is 34.9 Å². The van der Waals surface area contributed by atoms with Gasteiger partial charge in [0.1, 0.15) is 16.7 Å². The first-order chi connectivity index (χ1) is 36.6. The largest absolute Gasteiger partial charge is 1.00 e. The van der Waals surface area contributed by atoms with E-state index in [9.17, 15) is 51.6 Å². The van der Waals surface area contributed by atoms with Crippen LogP contribution >= 0.6 is 36.1 Å². The maximum atomic E-state index is 12.6. The van der Waals surface area contributed by atoms with Gasteiger partial charge in [0, 0.05) is 87.2 Å². The van der Waals surface area contributed by atoms with Crippen molar-refractivity contribution in [1.29, 1.82) is 0 Å². The van der Waals surface area contributed by atoms with E-state index in [1.807, 2.05) is 93.6 Å². The van der Waals surface area contributed by atoms with Crippen LogP contribution in [0.25, 0.3) is 27.1 Å². The van der Waals surface area contributed by atoms with Gasteiger partial charge in [0.05, 0.1) is 44.5 Å². The van der Waals surface area contributed by atoms with E-state index in [1.165, 1.54) is 6.07 Å². The van der Waals surface area contributed by atoms with E-state index < -0.39 is 47.7 Å². The number of nitrogens with zero attached hydrogens (tertiary/aromatic N) is 2. The molecular weight excluding hydrogens is 1190 g/mol. The van der Waals surface area contributed by atoms with Crippen LogP contribution in [0.15, 0.2) is 117 Å². The van der Waals surface area contributed by atoms with Crippen LogP contribution in [0.2, 0.25) is 0 Å². The van der Waals surface area contributed by atoms with E-state index in [0.29, 0.717) is 90.6 Å². The Labute approximate surface area is 573 Å². The van der Waals surface area contributed by atoms with Gasteiger partial charge in [0.25, 0.3) is 0 Å². The minimum atomic E-state index is -5.01. The zero-order valence-corrected chi connectivity index (χ0v) is 58.7. The Morgan fingerprint density at radius 2 is 1.43 bits per heavy atom. The molecule has 5 aromatic rings. The summed E-state index contributed by atoms with van der Waals surface area (Å²) in [6.07, 6.45) is 11.5. The zero-order chi connectivity index (χ0) is 55.7. The van der Waals surface area contributed by atoms with Crippen LogP contribution in [-0.2, 0) is 70.4 Å². The molecule has 0 spiro atoms. The fraction of sp³-hybridized carbons (Fsp3) is 0.358. The second-order valence-corrected chi connectivity index (χ2v) is 24.7. The SMILES string of the molecule is Cc1cc(SOO[O-])cc2c3c(ccc12)N(CCCCS(=O)(=O)[O-])/C(=C/C=C(/C=C/C1=[N+](CCCCSOO[O-])c2ccc4c(SOO[O-])cc(S(=O)(=O)[O-])cc4c2C1(C)C)c1cccc(CCCCC(=O)O)c1)C3(C)C.[Na+].[Na+].[Na+].[Na+]. The molecule has 0 bridgehead atoms. The fourth-order valence-corrected chi connectivity index (χ4v) is 13.1. The quantitative estimate of drug-likeness (QED) is 0.00734. The molecule has 0 saturated heterocycles. The number of allylic oxidation sites excluding steroid dienone is 6. The Morgan fingerprint density at radius 1 is 0.741 bits per heavy atom.